The highest BCUT2D eigenvalue weighted by atomic mass is 16.4. The zero-order valence-electron chi connectivity index (χ0n) is 7.97. The summed E-state index contributed by atoms with van der Waals surface area (Å²) in [7, 11) is 0. The molecule has 0 saturated heterocycles. The van der Waals surface area contributed by atoms with E-state index in [-0.39, 0.29) is 0 Å². The number of benzene rings is 1. The van der Waals surface area contributed by atoms with Crippen LogP contribution >= 0.6 is 0 Å². The maximum atomic E-state index is 10.3. The molecule has 0 saturated carbocycles. The van der Waals surface area contributed by atoms with Crippen LogP contribution in [-0.2, 0) is 4.79 Å². The average molecular weight is 188 g/mol. The Morgan fingerprint density at radius 1 is 1.29 bits per heavy atom. The van der Waals surface area contributed by atoms with Gasteiger partial charge in [0.25, 0.3) is 0 Å². The largest absolute Gasteiger partial charge is 0.478 e. The number of hydrogen-bond acceptors (Lipinski definition) is 1. The van der Waals surface area contributed by atoms with E-state index in [1.54, 1.807) is 13.0 Å². The zero-order chi connectivity index (χ0) is 10.4. The molecule has 0 spiro atoms. The Hall–Kier alpha value is -1.83. The molecule has 0 aliphatic heterocycles. The monoisotopic (exact) mass is 188 g/mol. The van der Waals surface area contributed by atoms with Crippen LogP contribution < -0.4 is 0 Å². The highest BCUT2D eigenvalue weighted by molar-refractivity contribution is 5.81. The minimum absolute atomic E-state index is 0.723. The Labute approximate surface area is 83.2 Å². The topological polar surface area (TPSA) is 37.3 Å². The van der Waals surface area contributed by atoms with Crippen molar-refractivity contribution in [2.45, 2.75) is 6.92 Å². The van der Waals surface area contributed by atoms with Gasteiger partial charge in [0.2, 0.25) is 0 Å². The minimum Gasteiger partial charge on any atom is -0.478 e. The van der Waals surface area contributed by atoms with E-state index in [4.69, 9.17) is 5.11 Å². The van der Waals surface area contributed by atoms with Gasteiger partial charge in [0, 0.05) is 6.08 Å². The Bertz CT molecular complexity index is 361. The predicted molar refractivity (Wildman–Crippen MR) is 56.9 cm³/mol. The molecule has 0 unspecified atom stereocenters. The normalized spacial score (nSPS) is 11.9. The number of aliphatic carboxylic acids is 1. The number of carboxylic acid groups (broad SMARTS) is 1. The van der Waals surface area contributed by atoms with E-state index in [1.165, 1.54) is 6.08 Å². The van der Waals surface area contributed by atoms with E-state index in [1.807, 2.05) is 36.4 Å². The fourth-order valence-electron chi connectivity index (χ4n) is 1.03. The fraction of sp³-hybridized carbons (Fsp3) is 0.0833. The standard InChI is InChI=1S/C12H12O2/c1-10(9-12(13)14)7-8-11-5-3-2-4-6-11/h2-9H,1H3,(H,13,14)/b8-7+,10-9-. The van der Waals surface area contributed by atoms with Gasteiger partial charge in [-0.25, -0.2) is 4.79 Å². The summed E-state index contributed by atoms with van der Waals surface area (Å²) < 4.78 is 0. The van der Waals surface area contributed by atoms with Crippen molar-refractivity contribution in [2.24, 2.45) is 0 Å². The number of allylic oxidation sites excluding steroid dienone is 2. The molecule has 2 nitrogen and oxygen atoms in total. The highest BCUT2D eigenvalue weighted by Crippen LogP contribution is 2.04. The summed E-state index contributed by atoms with van der Waals surface area (Å²) in [5.74, 6) is -0.916. The smallest absolute Gasteiger partial charge is 0.328 e. The predicted octanol–water partition coefficient (Wildman–Crippen LogP) is 2.73. The summed E-state index contributed by atoms with van der Waals surface area (Å²) in [6.45, 7) is 1.76. The maximum Gasteiger partial charge on any atom is 0.328 e. The molecule has 1 aromatic carbocycles. The van der Waals surface area contributed by atoms with E-state index in [0.29, 0.717) is 0 Å². The number of hydrogen-bond donors (Lipinski definition) is 1. The Kier molecular flexibility index (Phi) is 3.68. The van der Waals surface area contributed by atoms with Crippen molar-refractivity contribution in [2.75, 3.05) is 0 Å². The van der Waals surface area contributed by atoms with E-state index >= 15 is 0 Å². The quantitative estimate of drug-likeness (QED) is 0.585. The van der Waals surface area contributed by atoms with E-state index in [0.717, 1.165) is 11.1 Å². The van der Waals surface area contributed by atoms with Crippen LogP contribution in [0.4, 0.5) is 0 Å². The first kappa shape index (κ1) is 10.3. The maximum absolute atomic E-state index is 10.3. The van der Waals surface area contributed by atoms with Gasteiger partial charge in [0.1, 0.15) is 0 Å². The highest BCUT2D eigenvalue weighted by Gasteiger charge is 1.89. The molecule has 0 atom stereocenters. The summed E-state index contributed by atoms with van der Waals surface area (Å²) >= 11 is 0. The molecule has 0 amide bonds. The lowest BCUT2D eigenvalue weighted by molar-refractivity contribution is -0.131. The molecule has 1 N–H and O–H groups in total. The van der Waals surface area contributed by atoms with Gasteiger partial charge in [-0.2, -0.15) is 0 Å². The number of carboxylic acids is 1. The molecule has 1 aromatic rings. The minimum atomic E-state index is -0.916. The van der Waals surface area contributed by atoms with Crippen LogP contribution in [0.3, 0.4) is 0 Å². The van der Waals surface area contributed by atoms with Crippen LogP contribution in [-0.4, -0.2) is 11.1 Å². The molecule has 0 bridgehead atoms. The second-order valence-electron chi connectivity index (χ2n) is 2.97. The molecule has 0 aliphatic carbocycles. The summed E-state index contributed by atoms with van der Waals surface area (Å²) in [4.78, 5) is 10.3. The third kappa shape index (κ3) is 3.72. The second-order valence-corrected chi connectivity index (χ2v) is 2.97. The number of carbonyl (C=O) groups is 1. The van der Waals surface area contributed by atoms with E-state index in [9.17, 15) is 4.79 Å². The lowest BCUT2D eigenvalue weighted by Gasteiger charge is -1.91. The third-order valence-electron chi connectivity index (χ3n) is 1.69. The molecular formula is C12H12O2. The average Bonchev–Trinajstić information content (AvgIpc) is 2.15. The Morgan fingerprint density at radius 2 is 1.93 bits per heavy atom. The Morgan fingerprint density at radius 3 is 2.50 bits per heavy atom. The lowest BCUT2D eigenvalue weighted by atomic mass is 10.2. The van der Waals surface area contributed by atoms with Crippen LogP contribution in [0.5, 0.6) is 0 Å². The molecule has 0 radical (unpaired) electrons. The lowest BCUT2D eigenvalue weighted by Crippen LogP contribution is -1.87. The molecule has 0 aliphatic rings. The molecule has 0 fully saturated rings. The van der Waals surface area contributed by atoms with E-state index in [2.05, 4.69) is 0 Å². The van der Waals surface area contributed by atoms with Gasteiger partial charge in [0.05, 0.1) is 0 Å². The van der Waals surface area contributed by atoms with Gasteiger partial charge < -0.3 is 5.11 Å². The fourth-order valence-corrected chi connectivity index (χ4v) is 1.03. The van der Waals surface area contributed by atoms with Crippen molar-refractivity contribution < 1.29 is 9.90 Å². The van der Waals surface area contributed by atoms with Crippen LogP contribution in [0.15, 0.2) is 48.1 Å². The first-order chi connectivity index (χ1) is 6.68. The summed E-state index contributed by atoms with van der Waals surface area (Å²) in [6.07, 6.45) is 4.84. The molecular weight excluding hydrogens is 176 g/mol. The van der Waals surface area contributed by atoms with Gasteiger partial charge in [-0.05, 0) is 18.1 Å². The van der Waals surface area contributed by atoms with Crippen LogP contribution in [0, 0.1) is 0 Å². The van der Waals surface area contributed by atoms with Crippen molar-refractivity contribution in [3.63, 3.8) is 0 Å². The second kappa shape index (κ2) is 5.02. The molecule has 1 rings (SSSR count). The van der Waals surface area contributed by atoms with Crippen molar-refractivity contribution >= 4 is 12.0 Å². The first-order valence-electron chi connectivity index (χ1n) is 4.33. The van der Waals surface area contributed by atoms with Crippen molar-refractivity contribution in [1.82, 2.24) is 0 Å². The van der Waals surface area contributed by atoms with Crippen molar-refractivity contribution in [3.05, 3.63) is 53.6 Å². The molecule has 2 heteroatoms. The van der Waals surface area contributed by atoms with Gasteiger partial charge in [0.15, 0.2) is 0 Å². The molecule has 72 valence electrons. The van der Waals surface area contributed by atoms with Crippen molar-refractivity contribution in [3.8, 4) is 0 Å². The van der Waals surface area contributed by atoms with Gasteiger partial charge in [-0.3, -0.25) is 0 Å². The van der Waals surface area contributed by atoms with Crippen LogP contribution in [0.1, 0.15) is 12.5 Å². The summed E-state index contributed by atoms with van der Waals surface area (Å²) in [6, 6.07) is 9.75. The zero-order valence-corrected chi connectivity index (χ0v) is 7.97. The van der Waals surface area contributed by atoms with E-state index < -0.39 is 5.97 Å². The van der Waals surface area contributed by atoms with Gasteiger partial charge >= 0.3 is 5.97 Å². The SMILES string of the molecule is CC(=C/C(=O)O)/C=C/c1ccccc1. The van der Waals surface area contributed by atoms with Crippen LogP contribution in [0.25, 0.3) is 6.08 Å². The summed E-state index contributed by atoms with van der Waals surface area (Å²) in [5.41, 5.74) is 1.78. The van der Waals surface area contributed by atoms with Gasteiger partial charge in [-0.15, -0.1) is 0 Å². The molecule has 0 aromatic heterocycles. The van der Waals surface area contributed by atoms with Crippen molar-refractivity contribution in [1.29, 1.82) is 0 Å². The molecule has 14 heavy (non-hydrogen) atoms. The van der Waals surface area contributed by atoms with Crippen LogP contribution in [0.2, 0.25) is 0 Å². The Balaban J connectivity index is 2.70. The first-order valence-corrected chi connectivity index (χ1v) is 4.33. The van der Waals surface area contributed by atoms with Gasteiger partial charge in [-0.1, -0.05) is 42.5 Å². The number of rotatable bonds is 3. The molecule has 0 heterocycles. The summed E-state index contributed by atoms with van der Waals surface area (Å²) in [5, 5.41) is 8.47. The third-order valence-corrected chi connectivity index (χ3v) is 1.69.